The molecule has 0 saturated heterocycles. The molecule has 94 valence electrons. The fraction of sp³-hybridized carbons (Fsp3) is 0.308. The van der Waals surface area contributed by atoms with Gasteiger partial charge in [0.2, 0.25) is 0 Å². The molecule has 0 saturated carbocycles. The van der Waals surface area contributed by atoms with E-state index in [2.05, 4.69) is 4.74 Å². The number of nitriles is 1. The maximum atomic E-state index is 11.1. The lowest BCUT2D eigenvalue weighted by atomic mass is 9.93. The topological polar surface area (TPSA) is 87.4 Å². The molecule has 5 nitrogen and oxygen atoms in total. The van der Waals surface area contributed by atoms with Crippen molar-refractivity contribution in [2.75, 3.05) is 7.11 Å². The van der Waals surface area contributed by atoms with Crippen LogP contribution in [0.3, 0.4) is 0 Å². The molecular formula is C13H13NO4. The van der Waals surface area contributed by atoms with Crippen LogP contribution in [0.5, 0.6) is 0 Å². The summed E-state index contributed by atoms with van der Waals surface area (Å²) in [6.07, 6.45) is -0.0697. The number of carboxylic acids is 1. The lowest BCUT2D eigenvalue weighted by molar-refractivity contribution is -0.149. The van der Waals surface area contributed by atoms with Gasteiger partial charge in [-0.25, -0.2) is 0 Å². The van der Waals surface area contributed by atoms with Gasteiger partial charge >= 0.3 is 11.9 Å². The minimum Gasteiger partial charge on any atom is -0.481 e. The normalized spacial score (nSPS) is 11.3. The van der Waals surface area contributed by atoms with Crippen molar-refractivity contribution >= 4 is 11.9 Å². The Labute approximate surface area is 105 Å². The minimum atomic E-state index is -1.08. The fourth-order valence-electron chi connectivity index (χ4n) is 1.60. The summed E-state index contributed by atoms with van der Waals surface area (Å²) in [4.78, 5) is 22.2. The van der Waals surface area contributed by atoms with Gasteiger partial charge in [0.1, 0.15) is 0 Å². The van der Waals surface area contributed by atoms with Gasteiger partial charge in [0.15, 0.2) is 0 Å². The van der Waals surface area contributed by atoms with Gasteiger partial charge in [-0.15, -0.1) is 0 Å². The molecule has 0 aliphatic carbocycles. The molecule has 0 heterocycles. The molecule has 1 aromatic rings. The molecule has 0 radical (unpaired) electrons. The Morgan fingerprint density at radius 3 is 2.67 bits per heavy atom. The third kappa shape index (κ3) is 3.59. The lowest BCUT2D eigenvalue weighted by Crippen LogP contribution is -2.21. The van der Waals surface area contributed by atoms with Crippen molar-refractivity contribution in [2.45, 2.75) is 12.8 Å². The summed E-state index contributed by atoms with van der Waals surface area (Å²) < 4.78 is 4.46. The van der Waals surface area contributed by atoms with E-state index in [9.17, 15) is 9.59 Å². The van der Waals surface area contributed by atoms with Gasteiger partial charge in [-0.1, -0.05) is 18.2 Å². The third-order valence-corrected chi connectivity index (χ3v) is 2.59. The van der Waals surface area contributed by atoms with E-state index in [1.807, 2.05) is 6.07 Å². The van der Waals surface area contributed by atoms with Crippen molar-refractivity contribution in [3.8, 4) is 6.07 Å². The molecule has 0 aliphatic rings. The molecule has 0 fully saturated rings. The number of esters is 1. The summed E-state index contributed by atoms with van der Waals surface area (Å²) in [6, 6.07) is 8.74. The highest BCUT2D eigenvalue weighted by molar-refractivity contribution is 5.79. The summed E-state index contributed by atoms with van der Waals surface area (Å²) in [5, 5.41) is 18.0. The van der Waals surface area contributed by atoms with Crippen LogP contribution in [0.25, 0.3) is 0 Å². The van der Waals surface area contributed by atoms with E-state index < -0.39 is 17.9 Å². The second-order valence-corrected chi connectivity index (χ2v) is 3.79. The second-order valence-electron chi connectivity index (χ2n) is 3.79. The van der Waals surface area contributed by atoms with Gasteiger partial charge in [0.25, 0.3) is 0 Å². The molecule has 1 rings (SSSR count). The third-order valence-electron chi connectivity index (χ3n) is 2.59. The van der Waals surface area contributed by atoms with E-state index in [1.54, 1.807) is 24.3 Å². The Bertz CT molecular complexity index is 490. The zero-order valence-electron chi connectivity index (χ0n) is 9.92. The average molecular weight is 247 g/mol. The molecule has 1 atom stereocenters. The van der Waals surface area contributed by atoms with Crippen molar-refractivity contribution in [3.63, 3.8) is 0 Å². The van der Waals surface area contributed by atoms with Gasteiger partial charge in [0, 0.05) is 0 Å². The number of benzene rings is 1. The van der Waals surface area contributed by atoms with Crippen LogP contribution in [-0.4, -0.2) is 24.2 Å². The first kappa shape index (κ1) is 13.7. The van der Waals surface area contributed by atoms with Gasteiger partial charge in [-0.3, -0.25) is 9.59 Å². The SMILES string of the molecule is COC(=O)CC(Cc1ccccc1C#N)C(=O)O. The van der Waals surface area contributed by atoms with E-state index >= 15 is 0 Å². The lowest BCUT2D eigenvalue weighted by Gasteiger charge is -2.11. The average Bonchev–Trinajstić information content (AvgIpc) is 2.38. The molecule has 5 heteroatoms. The van der Waals surface area contributed by atoms with Crippen LogP contribution >= 0.6 is 0 Å². The Morgan fingerprint density at radius 1 is 1.44 bits per heavy atom. The molecule has 0 aliphatic heterocycles. The Hall–Kier alpha value is -2.35. The number of carbonyl (C=O) groups is 2. The van der Waals surface area contributed by atoms with Crippen LogP contribution in [0.1, 0.15) is 17.5 Å². The number of ether oxygens (including phenoxy) is 1. The number of hydrogen-bond donors (Lipinski definition) is 1. The highest BCUT2D eigenvalue weighted by atomic mass is 16.5. The number of carbonyl (C=O) groups excluding carboxylic acids is 1. The number of carboxylic acid groups (broad SMARTS) is 1. The zero-order valence-corrected chi connectivity index (χ0v) is 9.92. The summed E-state index contributed by atoms with van der Waals surface area (Å²) in [6.45, 7) is 0. The second kappa shape index (κ2) is 6.40. The van der Waals surface area contributed by atoms with E-state index in [-0.39, 0.29) is 12.8 Å². The number of aliphatic carboxylic acids is 1. The zero-order chi connectivity index (χ0) is 13.5. The summed E-state index contributed by atoms with van der Waals surface area (Å²) in [5.41, 5.74) is 1.05. The predicted octanol–water partition coefficient (Wildman–Crippen LogP) is 1.36. The van der Waals surface area contributed by atoms with Gasteiger partial charge in [-0.2, -0.15) is 5.26 Å². The number of hydrogen-bond acceptors (Lipinski definition) is 4. The number of rotatable bonds is 5. The van der Waals surface area contributed by atoms with Crippen LogP contribution in [-0.2, 0) is 20.7 Å². The maximum absolute atomic E-state index is 11.1. The highest BCUT2D eigenvalue weighted by Gasteiger charge is 2.23. The summed E-state index contributed by atoms with van der Waals surface area (Å²) in [7, 11) is 1.21. The van der Waals surface area contributed by atoms with E-state index in [0.717, 1.165) is 0 Å². The Morgan fingerprint density at radius 2 is 2.11 bits per heavy atom. The summed E-state index contributed by atoms with van der Waals surface area (Å²) >= 11 is 0. The largest absolute Gasteiger partial charge is 0.481 e. The first-order valence-corrected chi connectivity index (χ1v) is 5.36. The molecule has 1 aromatic carbocycles. The van der Waals surface area contributed by atoms with Crippen LogP contribution < -0.4 is 0 Å². The number of nitrogens with zero attached hydrogens (tertiary/aromatic N) is 1. The standard InChI is InChI=1S/C13H13NO4/c1-18-12(15)7-11(13(16)17)6-9-4-2-3-5-10(9)8-14/h2-5,11H,6-7H2,1H3,(H,16,17). The molecule has 0 amide bonds. The first-order valence-electron chi connectivity index (χ1n) is 5.36. The molecule has 0 bridgehead atoms. The Kier molecular flexibility index (Phi) is 4.88. The predicted molar refractivity (Wildman–Crippen MR) is 62.6 cm³/mol. The highest BCUT2D eigenvalue weighted by Crippen LogP contribution is 2.16. The molecule has 0 spiro atoms. The minimum absolute atomic E-state index is 0.133. The van der Waals surface area contributed by atoms with Crippen molar-refractivity contribution in [2.24, 2.45) is 5.92 Å². The molecule has 1 unspecified atom stereocenters. The maximum Gasteiger partial charge on any atom is 0.307 e. The van der Waals surface area contributed by atoms with E-state index in [4.69, 9.17) is 10.4 Å². The first-order chi connectivity index (χ1) is 8.58. The monoisotopic (exact) mass is 247 g/mol. The molecular weight excluding hydrogens is 234 g/mol. The van der Waals surface area contributed by atoms with Crippen LogP contribution in [0.15, 0.2) is 24.3 Å². The van der Waals surface area contributed by atoms with Crippen LogP contribution in [0.4, 0.5) is 0 Å². The quantitative estimate of drug-likeness (QED) is 0.794. The molecule has 1 N–H and O–H groups in total. The fourth-order valence-corrected chi connectivity index (χ4v) is 1.60. The van der Waals surface area contributed by atoms with E-state index in [1.165, 1.54) is 7.11 Å². The van der Waals surface area contributed by atoms with E-state index in [0.29, 0.717) is 11.1 Å². The van der Waals surface area contributed by atoms with Crippen molar-refractivity contribution in [1.29, 1.82) is 5.26 Å². The smallest absolute Gasteiger partial charge is 0.307 e. The van der Waals surface area contributed by atoms with Gasteiger partial charge in [0.05, 0.1) is 31.1 Å². The Balaban J connectivity index is 2.87. The van der Waals surface area contributed by atoms with Crippen LogP contribution in [0.2, 0.25) is 0 Å². The van der Waals surface area contributed by atoms with Crippen LogP contribution in [0, 0.1) is 17.2 Å². The molecule has 18 heavy (non-hydrogen) atoms. The van der Waals surface area contributed by atoms with Crippen molar-refractivity contribution in [1.82, 2.24) is 0 Å². The molecule has 0 aromatic heterocycles. The van der Waals surface area contributed by atoms with Gasteiger partial charge in [-0.05, 0) is 18.1 Å². The van der Waals surface area contributed by atoms with Crippen molar-refractivity contribution in [3.05, 3.63) is 35.4 Å². The van der Waals surface area contributed by atoms with Crippen molar-refractivity contribution < 1.29 is 19.4 Å². The summed E-state index contributed by atoms with van der Waals surface area (Å²) in [5.74, 6) is -2.53. The van der Waals surface area contributed by atoms with Gasteiger partial charge < -0.3 is 9.84 Å². The number of methoxy groups -OCH3 is 1.